The molecule has 0 saturated heterocycles. The van der Waals surface area contributed by atoms with Crippen molar-refractivity contribution in [1.82, 2.24) is 20.1 Å². The largest absolute Gasteiger partial charge is 0.348 e. The minimum Gasteiger partial charge on any atom is -0.348 e. The molecule has 8 nitrogen and oxygen atoms in total. The molecule has 3 heterocycles. The SMILES string of the molecule is CC(C)(C)c1cc(NC(=O)Nc2ccc(-c3cccc4c3CNC4=O)cc2)n(-c2cccnc2)n1. The topological polar surface area (TPSA) is 101 Å². The van der Waals surface area contributed by atoms with Crippen LogP contribution in [0.2, 0.25) is 0 Å². The molecule has 0 radical (unpaired) electrons. The lowest BCUT2D eigenvalue weighted by molar-refractivity contribution is 0.0965. The van der Waals surface area contributed by atoms with Crippen molar-refractivity contribution >= 4 is 23.4 Å². The second-order valence-corrected chi connectivity index (χ2v) is 9.46. The van der Waals surface area contributed by atoms with Gasteiger partial charge in [-0.05, 0) is 47.0 Å². The Hall–Kier alpha value is -4.46. The molecule has 1 aliphatic heterocycles. The molecule has 2 aromatic carbocycles. The molecule has 3 amide bonds. The van der Waals surface area contributed by atoms with E-state index in [0.717, 1.165) is 28.1 Å². The molecule has 5 rings (SSSR count). The number of carbonyl (C=O) groups excluding carboxylic acids is 2. The van der Waals surface area contributed by atoms with Crippen LogP contribution in [-0.4, -0.2) is 26.7 Å². The summed E-state index contributed by atoms with van der Waals surface area (Å²) >= 11 is 0. The maximum atomic E-state index is 12.8. The van der Waals surface area contributed by atoms with Crippen molar-refractivity contribution in [1.29, 1.82) is 0 Å². The molecule has 4 aromatic rings. The van der Waals surface area contributed by atoms with E-state index in [0.29, 0.717) is 23.6 Å². The zero-order valence-corrected chi connectivity index (χ0v) is 19.8. The molecular formula is C27H26N6O2. The van der Waals surface area contributed by atoms with Gasteiger partial charge in [-0.2, -0.15) is 5.10 Å². The maximum absolute atomic E-state index is 12.8. The molecule has 176 valence electrons. The van der Waals surface area contributed by atoms with Gasteiger partial charge in [0.25, 0.3) is 5.91 Å². The fourth-order valence-electron chi connectivity index (χ4n) is 4.05. The molecule has 0 aliphatic carbocycles. The van der Waals surface area contributed by atoms with E-state index < -0.39 is 0 Å². The number of benzene rings is 2. The van der Waals surface area contributed by atoms with Gasteiger partial charge in [0.15, 0.2) is 0 Å². The highest BCUT2D eigenvalue weighted by molar-refractivity contribution is 6.01. The van der Waals surface area contributed by atoms with Crippen molar-refractivity contribution in [2.45, 2.75) is 32.7 Å². The first-order valence-electron chi connectivity index (χ1n) is 11.4. The summed E-state index contributed by atoms with van der Waals surface area (Å²) in [6, 6.07) is 18.5. The van der Waals surface area contributed by atoms with Crippen LogP contribution in [0.15, 0.2) is 73.1 Å². The summed E-state index contributed by atoms with van der Waals surface area (Å²) in [4.78, 5) is 29.0. The number of hydrogen-bond donors (Lipinski definition) is 3. The zero-order valence-electron chi connectivity index (χ0n) is 19.8. The first-order chi connectivity index (χ1) is 16.8. The van der Waals surface area contributed by atoms with Crippen molar-refractivity contribution in [3.05, 3.63) is 89.9 Å². The Labute approximate surface area is 203 Å². The third-order valence-electron chi connectivity index (χ3n) is 5.91. The number of aromatic nitrogens is 3. The second kappa shape index (κ2) is 8.72. The van der Waals surface area contributed by atoms with Crippen LogP contribution in [0.5, 0.6) is 0 Å². The Balaban J connectivity index is 1.34. The van der Waals surface area contributed by atoms with Crippen LogP contribution >= 0.6 is 0 Å². The highest BCUT2D eigenvalue weighted by Gasteiger charge is 2.23. The minimum atomic E-state index is -0.376. The van der Waals surface area contributed by atoms with Gasteiger partial charge >= 0.3 is 6.03 Å². The minimum absolute atomic E-state index is 0.0445. The van der Waals surface area contributed by atoms with Gasteiger partial charge in [-0.15, -0.1) is 0 Å². The Morgan fingerprint density at radius 1 is 1.00 bits per heavy atom. The third kappa shape index (κ3) is 4.50. The number of anilines is 2. The van der Waals surface area contributed by atoms with Gasteiger partial charge in [0, 0.05) is 35.5 Å². The summed E-state index contributed by atoms with van der Waals surface area (Å²) in [6.45, 7) is 6.74. The molecule has 0 unspecified atom stereocenters. The molecule has 0 fully saturated rings. The van der Waals surface area contributed by atoms with E-state index in [1.807, 2.05) is 60.7 Å². The van der Waals surface area contributed by atoms with Gasteiger partial charge in [0.1, 0.15) is 5.82 Å². The number of pyridine rings is 1. The molecular weight excluding hydrogens is 440 g/mol. The van der Waals surface area contributed by atoms with Crippen LogP contribution in [0.3, 0.4) is 0 Å². The summed E-state index contributed by atoms with van der Waals surface area (Å²) in [7, 11) is 0. The quantitative estimate of drug-likeness (QED) is 0.389. The zero-order chi connectivity index (χ0) is 24.6. The molecule has 35 heavy (non-hydrogen) atoms. The Bertz CT molecular complexity index is 1400. The Morgan fingerprint density at radius 3 is 2.49 bits per heavy atom. The molecule has 8 heteroatoms. The predicted molar refractivity (Wildman–Crippen MR) is 136 cm³/mol. The molecule has 1 aliphatic rings. The number of carbonyl (C=O) groups is 2. The summed E-state index contributed by atoms with van der Waals surface area (Å²) in [6.07, 6.45) is 3.39. The normalized spacial score (nSPS) is 12.7. The monoisotopic (exact) mass is 466 g/mol. The fraction of sp³-hybridized carbons (Fsp3) is 0.185. The number of fused-ring (bicyclic) bond motifs is 1. The van der Waals surface area contributed by atoms with E-state index in [1.165, 1.54) is 0 Å². The number of nitrogens with one attached hydrogen (secondary N) is 3. The standard InChI is InChI=1S/C27H26N6O2/c1-27(2,3)23-14-24(33(32-23)19-6-5-13-28-15-19)31-26(35)30-18-11-9-17(10-12-18)20-7-4-8-21-22(20)16-29-25(21)34/h4-15H,16H2,1-3H3,(H,29,34)(H2,30,31,35). The van der Waals surface area contributed by atoms with Crippen molar-refractivity contribution < 1.29 is 9.59 Å². The Morgan fingerprint density at radius 2 is 1.77 bits per heavy atom. The van der Waals surface area contributed by atoms with Gasteiger partial charge in [0.05, 0.1) is 17.6 Å². The van der Waals surface area contributed by atoms with Gasteiger partial charge in [-0.3, -0.25) is 15.1 Å². The van der Waals surface area contributed by atoms with E-state index in [2.05, 4.69) is 41.7 Å². The highest BCUT2D eigenvalue weighted by atomic mass is 16.2. The van der Waals surface area contributed by atoms with Crippen molar-refractivity contribution in [2.24, 2.45) is 0 Å². The smallest absolute Gasteiger partial charge is 0.324 e. The van der Waals surface area contributed by atoms with Crippen LogP contribution in [-0.2, 0) is 12.0 Å². The van der Waals surface area contributed by atoms with E-state index in [9.17, 15) is 9.59 Å². The van der Waals surface area contributed by atoms with Crippen LogP contribution < -0.4 is 16.0 Å². The number of rotatable bonds is 4. The average Bonchev–Trinajstić information content (AvgIpc) is 3.44. The summed E-state index contributed by atoms with van der Waals surface area (Å²) in [5, 5.41) is 13.4. The Kier molecular flexibility index (Phi) is 5.56. The van der Waals surface area contributed by atoms with Gasteiger partial charge in [-0.1, -0.05) is 45.0 Å². The van der Waals surface area contributed by atoms with E-state index in [-0.39, 0.29) is 17.4 Å². The first-order valence-corrected chi connectivity index (χ1v) is 11.4. The molecule has 0 bridgehead atoms. The van der Waals surface area contributed by atoms with Crippen molar-refractivity contribution in [3.8, 4) is 16.8 Å². The summed E-state index contributed by atoms with van der Waals surface area (Å²) in [5.74, 6) is 0.506. The van der Waals surface area contributed by atoms with Crippen LogP contribution in [0.1, 0.15) is 42.4 Å². The number of hydrogen-bond acceptors (Lipinski definition) is 4. The summed E-state index contributed by atoms with van der Waals surface area (Å²) in [5.41, 5.74) is 5.76. The van der Waals surface area contributed by atoms with Crippen molar-refractivity contribution in [3.63, 3.8) is 0 Å². The van der Waals surface area contributed by atoms with Crippen molar-refractivity contribution in [2.75, 3.05) is 10.6 Å². The van der Waals surface area contributed by atoms with E-state index in [1.54, 1.807) is 17.1 Å². The van der Waals surface area contributed by atoms with Crippen LogP contribution in [0.25, 0.3) is 16.8 Å². The van der Waals surface area contributed by atoms with Crippen LogP contribution in [0, 0.1) is 0 Å². The molecule has 2 aromatic heterocycles. The lowest BCUT2D eigenvalue weighted by atomic mass is 9.92. The molecule has 3 N–H and O–H groups in total. The lowest BCUT2D eigenvalue weighted by Gasteiger charge is -2.14. The second-order valence-electron chi connectivity index (χ2n) is 9.46. The van der Waals surface area contributed by atoms with E-state index >= 15 is 0 Å². The fourth-order valence-corrected chi connectivity index (χ4v) is 4.05. The van der Waals surface area contributed by atoms with Gasteiger partial charge < -0.3 is 10.6 Å². The van der Waals surface area contributed by atoms with E-state index in [4.69, 9.17) is 5.10 Å². The number of urea groups is 1. The number of amides is 3. The predicted octanol–water partition coefficient (Wildman–Crippen LogP) is 5.12. The lowest BCUT2D eigenvalue weighted by Crippen LogP contribution is -2.21. The van der Waals surface area contributed by atoms with Gasteiger partial charge in [-0.25, -0.2) is 9.48 Å². The molecule has 0 spiro atoms. The maximum Gasteiger partial charge on any atom is 0.324 e. The molecule has 0 saturated carbocycles. The average molecular weight is 467 g/mol. The highest BCUT2D eigenvalue weighted by Crippen LogP contribution is 2.30. The van der Waals surface area contributed by atoms with Gasteiger partial charge in [0.2, 0.25) is 0 Å². The first kappa shape index (κ1) is 22.3. The third-order valence-corrected chi connectivity index (χ3v) is 5.91. The van der Waals surface area contributed by atoms with Crippen LogP contribution in [0.4, 0.5) is 16.3 Å². The summed E-state index contributed by atoms with van der Waals surface area (Å²) < 4.78 is 1.68. The number of nitrogens with zero attached hydrogens (tertiary/aromatic N) is 3. The molecule has 0 atom stereocenters.